The number of fused-ring (bicyclic) bond motifs is 1. The SMILES string of the molecule is OC(c1ccc(N2CCN(C3(Cc4ccccc4)NN=Cc4ccccc43)CC2)nc1)C1CC1. The summed E-state index contributed by atoms with van der Waals surface area (Å²) in [5, 5.41) is 15.0. The Morgan fingerprint density at radius 2 is 1.71 bits per heavy atom. The number of aliphatic hydroxyl groups is 1. The van der Waals surface area contributed by atoms with Gasteiger partial charge in [0.2, 0.25) is 0 Å². The molecule has 174 valence electrons. The topological polar surface area (TPSA) is 64.0 Å². The lowest BCUT2D eigenvalue weighted by Gasteiger charge is -2.49. The summed E-state index contributed by atoms with van der Waals surface area (Å²) in [6.07, 6.45) is 6.50. The molecular weight excluding hydrogens is 422 g/mol. The van der Waals surface area contributed by atoms with Crippen molar-refractivity contribution in [3.05, 3.63) is 95.2 Å². The van der Waals surface area contributed by atoms with Gasteiger partial charge in [-0.25, -0.2) is 4.98 Å². The number of nitrogens with zero attached hydrogens (tertiary/aromatic N) is 4. The zero-order valence-electron chi connectivity index (χ0n) is 19.3. The van der Waals surface area contributed by atoms with Crippen molar-refractivity contribution in [1.82, 2.24) is 15.3 Å². The third-order valence-electron chi connectivity index (χ3n) is 7.49. The summed E-state index contributed by atoms with van der Waals surface area (Å²) >= 11 is 0. The van der Waals surface area contributed by atoms with Crippen LogP contribution in [-0.2, 0) is 12.1 Å². The summed E-state index contributed by atoms with van der Waals surface area (Å²) < 4.78 is 0. The highest BCUT2D eigenvalue weighted by Gasteiger charge is 2.43. The van der Waals surface area contributed by atoms with E-state index in [9.17, 15) is 5.11 Å². The van der Waals surface area contributed by atoms with Crippen LogP contribution in [0, 0.1) is 5.92 Å². The maximum Gasteiger partial charge on any atom is 0.138 e. The predicted octanol–water partition coefficient (Wildman–Crippen LogP) is 3.68. The van der Waals surface area contributed by atoms with Crippen molar-refractivity contribution < 1.29 is 5.11 Å². The molecule has 1 aromatic heterocycles. The molecule has 1 aliphatic carbocycles. The van der Waals surface area contributed by atoms with E-state index in [1.807, 2.05) is 18.5 Å². The highest BCUT2D eigenvalue weighted by molar-refractivity contribution is 5.83. The maximum atomic E-state index is 10.4. The van der Waals surface area contributed by atoms with Crippen LogP contribution < -0.4 is 10.3 Å². The van der Waals surface area contributed by atoms with E-state index in [1.54, 1.807) is 0 Å². The van der Waals surface area contributed by atoms with Crippen molar-refractivity contribution in [3.63, 3.8) is 0 Å². The fraction of sp³-hybridized carbons (Fsp3) is 0.357. The quantitative estimate of drug-likeness (QED) is 0.596. The monoisotopic (exact) mass is 453 g/mol. The van der Waals surface area contributed by atoms with Crippen LogP contribution >= 0.6 is 0 Å². The molecule has 2 aliphatic heterocycles. The standard InChI is InChI=1S/C28H31N5O/c34-27(22-10-11-22)24-12-13-26(29-19-24)32-14-16-33(17-15-32)28(18-21-6-2-1-3-7-21)25-9-5-4-8-23(25)20-30-31-28/h1-9,12-13,19-20,22,27,31,34H,10-11,14-18H2. The summed E-state index contributed by atoms with van der Waals surface area (Å²) in [5.74, 6) is 1.41. The number of aliphatic hydroxyl groups excluding tert-OH is 1. The fourth-order valence-electron chi connectivity index (χ4n) is 5.39. The molecule has 6 heteroatoms. The van der Waals surface area contributed by atoms with Gasteiger partial charge >= 0.3 is 0 Å². The summed E-state index contributed by atoms with van der Waals surface area (Å²) in [6, 6.07) is 23.4. The lowest BCUT2D eigenvalue weighted by molar-refractivity contribution is 0.0435. The lowest BCUT2D eigenvalue weighted by atomic mass is 9.86. The van der Waals surface area contributed by atoms with Gasteiger partial charge in [0.1, 0.15) is 11.5 Å². The Kier molecular flexibility index (Phi) is 5.55. The van der Waals surface area contributed by atoms with Gasteiger partial charge in [0.15, 0.2) is 0 Å². The van der Waals surface area contributed by atoms with Gasteiger partial charge < -0.3 is 10.0 Å². The van der Waals surface area contributed by atoms with Crippen molar-refractivity contribution in [1.29, 1.82) is 0 Å². The molecule has 2 N–H and O–H groups in total. The molecule has 2 atom stereocenters. The van der Waals surface area contributed by atoms with Crippen molar-refractivity contribution in [2.24, 2.45) is 11.0 Å². The van der Waals surface area contributed by atoms with Crippen LogP contribution in [0.3, 0.4) is 0 Å². The van der Waals surface area contributed by atoms with Gasteiger partial charge in [0.05, 0.1) is 12.3 Å². The van der Waals surface area contributed by atoms with E-state index in [0.717, 1.165) is 56.8 Å². The number of benzene rings is 2. The Morgan fingerprint density at radius 3 is 2.44 bits per heavy atom. The molecule has 0 spiro atoms. The lowest BCUT2D eigenvalue weighted by Crippen LogP contribution is -2.62. The number of hydrogen-bond acceptors (Lipinski definition) is 6. The number of piperazine rings is 1. The van der Waals surface area contributed by atoms with Crippen LogP contribution in [0.1, 0.15) is 41.2 Å². The molecule has 0 bridgehead atoms. The van der Waals surface area contributed by atoms with Gasteiger partial charge in [-0.15, -0.1) is 0 Å². The van der Waals surface area contributed by atoms with E-state index in [1.165, 1.54) is 16.7 Å². The molecule has 0 amide bonds. The molecule has 6 rings (SSSR count). The van der Waals surface area contributed by atoms with Crippen LogP contribution in [0.15, 0.2) is 78.0 Å². The zero-order valence-corrected chi connectivity index (χ0v) is 19.3. The van der Waals surface area contributed by atoms with Crippen molar-refractivity contribution >= 4 is 12.0 Å². The molecule has 1 saturated carbocycles. The highest BCUT2D eigenvalue weighted by atomic mass is 16.3. The molecular formula is C28H31N5O. The number of pyridine rings is 1. The Bertz CT molecular complexity index is 1150. The fourth-order valence-corrected chi connectivity index (χ4v) is 5.39. The molecule has 2 fully saturated rings. The molecule has 0 radical (unpaired) electrons. The van der Waals surface area contributed by atoms with Crippen LogP contribution in [0.5, 0.6) is 0 Å². The minimum absolute atomic E-state index is 0.366. The van der Waals surface area contributed by atoms with Crippen molar-refractivity contribution in [2.45, 2.75) is 31.0 Å². The largest absolute Gasteiger partial charge is 0.388 e. The second-order valence-electron chi connectivity index (χ2n) is 9.69. The van der Waals surface area contributed by atoms with Gasteiger partial charge in [-0.1, -0.05) is 60.7 Å². The summed E-state index contributed by atoms with van der Waals surface area (Å²) in [6.45, 7) is 3.58. The van der Waals surface area contributed by atoms with Gasteiger partial charge in [0, 0.05) is 49.9 Å². The van der Waals surface area contributed by atoms with Crippen LogP contribution in [0.25, 0.3) is 0 Å². The highest BCUT2D eigenvalue weighted by Crippen LogP contribution is 2.41. The Morgan fingerprint density at radius 1 is 0.941 bits per heavy atom. The molecule has 3 aromatic rings. The van der Waals surface area contributed by atoms with Crippen molar-refractivity contribution in [2.75, 3.05) is 31.1 Å². The average molecular weight is 454 g/mol. The van der Waals surface area contributed by atoms with Gasteiger partial charge in [-0.05, 0) is 36.0 Å². The van der Waals surface area contributed by atoms with Gasteiger partial charge in [-0.2, -0.15) is 5.10 Å². The molecule has 34 heavy (non-hydrogen) atoms. The predicted molar refractivity (Wildman–Crippen MR) is 135 cm³/mol. The maximum absolute atomic E-state index is 10.4. The Hall–Kier alpha value is -3.22. The second-order valence-corrected chi connectivity index (χ2v) is 9.69. The first-order chi connectivity index (χ1) is 16.7. The second kappa shape index (κ2) is 8.85. The van der Waals surface area contributed by atoms with E-state index in [0.29, 0.717) is 5.92 Å². The first-order valence-electron chi connectivity index (χ1n) is 12.3. The van der Waals surface area contributed by atoms with E-state index < -0.39 is 0 Å². The molecule has 3 heterocycles. The Balaban J connectivity index is 1.23. The summed E-state index contributed by atoms with van der Waals surface area (Å²) in [5.41, 5.74) is 7.82. The summed E-state index contributed by atoms with van der Waals surface area (Å²) in [7, 11) is 0. The molecule has 2 aromatic carbocycles. The van der Waals surface area contributed by atoms with E-state index >= 15 is 0 Å². The van der Waals surface area contributed by atoms with E-state index in [2.05, 4.69) is 81.0 Å². The molecule has 3 aliphatic rings. The number of rotatable bonds is 6. The third-order valence-corrected chi connectivity index (χ3v) is 7.49. The van der Waals surface area contributed by atoms with Crippen LogP contribution in [-0.4, -0.2) is 47.4 Å². The molecule has 2 unspecified atom stereocenters. The van der Waals surface area contributed by atoms with E-state index in [-0.39, 0.29) is 11.8 Å². The number of hydrazone groups is 1. The molecule has 6 nitrogen and oxygen atoms in total. The van der Waals surface area contributed by atoms with Crippen molar-refractivity contribution in [3.8, 4) is 0 Å². The minimum Gasteiger partial charge on any atom is -0.388 e. The number of anilines is 1. The smallest absolute Gasteiger partial charge is 0.138 e. The number of hydrogen-bond donors (Lipinski definition) is 2. The Labute approximate surface area is 200 Å². The number of aromatic nitrogens is 1. The summed E-state index contributed by atoms with van der Waals surface area (Å²) in [4.78, 5) is 9.58. The van der Waals surface area contributed by atoms with Gasteiger partial charge in [0.25, 0.3) is 0 Å². The third kappa shape index (κ3) is 3.97. The average Bonchev–Trinajstić information content (AvgIpc) is 3.75. The number of nitrogens with one attached hydrogen (secondary N) is 1. The zero-order chi connectivity index (χ0) is 23.0. The molecule has 1 saturated heterocycles. The normalized spacial score (nSPS) is 23.3. The van der Waals surface area contributed by atoms with E-state index in [4.69, 9.17) is 4.98 Å². The minimum atomic E-state index is -0.384. The van der Waals surface area contributed by atoms with Crippen LogP contribution in [0.4, 0.5) is 5.82 Å². The first-order valence-corrected chi connectivity index (χ1v) is 12.3. The first kappa shape index (κ1) is 21.3. The van der Waals surface area contributed by atoms with Crippen LogP contribution in [0.2, 0.25) is 0 Å². The van der Waals surface area contributed by atoms with Gasteiger partial charge in [-0.3, -0.25) is 10.3 Å².